The SMILES string of the molecule is CCC1CN(C(=O)c2ccc(OCc3c(C)noc3C)cc2)c2ccccc2O1. The minimum Gasteiger partial charge on any atom is -0.489 e. The number of carbonyl (C=O) groups excluding carboxylic acids is 1. The minimum atomic E-state index is -0.0449. The Morgan fingerprint density at radius 2 is 1.93 bits per heavy atom. The van der Waals surface area contributed by atoms with E-state index in [2.05, 4.69) is 12.1 Å². The molecule has 0 saturated heterocycles. The number of rotatable bonds is 5. The second-order valence-corrected chi connectivity index (χ2v) is 7.15. The van der Waals surface area contributed by atoms with Gasteiger partial charge in [-0.15, -0.1) is 0 Å². The first-order valence-corrected chi connectivity index (χ1v) is 9.79. The molecular formula is C23H24N2O4. The second kappa shape index (κ2) is 7.99. The van der Waals surface area contributed by atoms with E-state index in [1.165, 1.54) is 0 Å². The molecule has 0 bridgehead atoms. The largest absolute Gasteiger partial charge is 0.489 e. The molecule has 0 spiro atoms. The van der Waals surface area contributed by atoms with Crippen LogP contribution in [0.3, 0.4) is 0 Å². The number of anilines is 1. The molecule has 0 radical (unpaired) electrons. The van der Waals surface area contributed by atoms with Crippen molar-refractivity contribution in [2.75, 3.05) is 11.4 Å². The Morgan fingerprint density at radius 1 is 1.17 bits per heavy atom. The fourth-order valence-electron chi connectivity index (χ4n) is 3.42. The first-order valence-electron chi connectivity index (χ1n) is 9.79. The van der Waals surface area contributed by atoms with E-state index < -0.39 is 0 Å². The molecule has 1 atom stereocenters. The molecule has 150 valence electrons. The van der Waals surface area contributed by atoms with Gasteiger partial charge in [-0.25, -0.2) is 0 Å². The van der Waals surface area contributed by atoms with E-state index in [1.807, 2.05) is 50.2 Å². The van der Waals surface area contributed by atoms with E-state index in [0.717, 1.165) is 34.9 Å². The van der Waals surface area contributed by atoms with Gasteiger partial charge in [0.25, 0.3) is 5.91 Å². The maximum absolute atomic E-state index is 13.2. The van der Waals surface area contributed by atoms with Crippen LogP contribution in [0.2, 0.25) is 0 Å². The van der Waals surface area contributed by atoms with Crippen LogP contribution in [0.5, 0.6) is 11.5 Å². The van der Waals surface area contributed by atoms with E-state index in [9.17, 15) is 4.79 Å². The fourth-order valence-corrected chi connectivity index (χ4v) is 3.42. The number of para-hydroxylation sites is 2. The van der Waals surface area contributed by atoms with Gasteiger partial charge in [0.1, 0.15) is 30.0 Å². The third-order valence-electron chi connectivity index (χ3n) is 5.20. The van der Waals surface area contributed by atoms with Gasteiger partial charge in [-0.3, -0.25) is 4.79 Å². The monoisotopic (exact) mass is 392 g/mol. The van der Waals surface area contributed by atoms with Gasteiger partial charge in [0.15, 0.2) is 0 Å². The first-order chi connectivity index (χ1) is 14.1. The highest BCUT2D eigenvalue weighted by molar-refractivity contribution is 6.07. The van der Waals surface area contributed by atoms with Crippen LogP contribution in [0.1, 0.15) is 40.7 Å². The third-order valence-corrected chi connectivity index (χ3v) is 5.20. The van der Waals surface area contributed by atoms with Crippen molar-refractivity contribution in [3.05, 3.63) is 71.1 Å². The number of amides is 1. The maximum Gasteiger partial charge on any atom is 0.258 e. The summed E-state index contributed by atoms with van der Waals surface area (Å²) >= 11 is 0. The molecule has 2 aromatic carbocycles. The number of aromatic nitrogens is 1. The smallest absolute Gasteiger partial charge is 0.258 e. The molecular weight excluding hydrogens is 368 g/mol. The lowest BCUT2D eigenvalue weighted by atomic mass is 10.1. The summed E-state index contributed by atoms with van der Waals surface area (Å²) in [7, 11) is 0. The molecule has 29 heavy (non-hydrogen) atoms. The summed E-state index contributed by atoms with van der Waals surface area (Å²) in [5.74, 6) is 2.15. The molecule has 2 heterocycles. The van der Waals surface area contributed by atoms with Gasteiger partial charge in [0.2, 0.25) is 0 Å². The van der Waals surface area contributed by atoms with E-state index in [-0.39, 0.29) is 12.0 Å². The molecule has 1 amide bonds. The summed E-state index contributed by atoms with van der Waals surface area (Å²) < 4.78 is 17.0. The highest BCUT2D eigenvalue weighted by Gasteiger charge is 2.29. The number of carbonyl (C=O) groups is 1. The number of aryl methyl sites for hydroxylation is 2. The normalized spacial score (nSPS) is 15.6. The van der Waals surface area contributed by atoms with Crippen LogP contribution in [0, 0.1) is 13.8 Å². The van der Waals surface area contributed by atoms with Crippen LogP contribution in [-0.2, 0) is 6.61 Å². The Balaban J connectivity index is 1.49. The minimum absolute atomic E-state index is 0.00787. The van der Waals surface area contributed by atoms with Crippen LogP contribution >= 0.6 is 0 Å². The van der Waals surface area contributed by atoms with Crippen molar-refractivity contribution in [3.63, 3.8) is 0 Å². The summed E-state index contributed by atoms with van der Waals surface area (Å²) in [6.07, 6.45) is 0.832. The summed E-state index contributed by atoms with van der Waals surface area (Å²) in [5.41, 5.74) is 3.19. The zero-order valence-electron chi connectivity index (χ0n) is 16.8. The average Bonchev–Trinajstić information content (AvgIpc) is 3.08. The zero-order chi connectivity index (χ0) is 20.4. The fraction of sp³-hybridized carbons (Fsp3) is 0.304. The lowest BCUT2D eigenvalue weighted by Crippen LogP contribution is -2.43. The molecule has 4 rings (SSSR count). The lowest BCUT2D eigenvalue weighted by Gasteiger charge is -2.34. The van der Waals surface area contributed by atoms with Crippen molar-refractivity contribution < 1.29 is 18.8 Å². The number of nitrogens with zero attached hydrogens (tertiary/aromatic N) is 2. The standard InChI is InChI=1S/C23H24N2O4/c1-4-18-13-25(21-7-5-6-8-22(21)28-18)23(26)17-9-11-19(12-10-17)27-14-20-15(2)24-29-16(20)3/h5-12,18H,4,13-14H2,1-3H3. The van der Waals surface area contributed by atoms with Gasteiger partial charge in [0, 0.05) is 5.56 Å². The van der Waals surface area contributed by atoms with Gasteiger partial charge >= 0.3 is 0 Å². The highest BCUT2D eigenvalue weighted by atomic mass is 16.5. The highest BCUT2D eigenvalue weighted by Crippen LogP contribution is 2.34. The van der Waals surface area contributed by atoms with Crippen LogP contribution < -0.4 is 14.4 Å². The molecule has 1 aliphatic heterocycles. The molecule has 1 aliphatic rings. The summed E-state index contributed by atoms with van der Waals surface area (Å²) in [5, 5.41) is 3.93. The quantitative estimate of drug-likeness (QED) is 0.630. The van der Waals surface area contributed by atoms with Crippen molar-refractivity contribution in [3.8, 4) is 11.5 Å². The summed E-state index contributed by atoms with van der Waals surface area (Å²) in [4.78, 5) is 15.0. The number of fused-ring (bicyclic) bond motifs is 1. The van der Waals surface area contributed by atoms with E-state index in [1.54, 1.807) is 17.0 Å². The number of hydrogen-bond acceptors (Lipinski definition) is 5. The predicted octanol–water partition coefficient (Wildman–Crippen LogP) is 4.69. The average molecular weight is 392 g/mol. The van der Waals surface area contributed by atoms with Crippen molar-refractivity contribution in [2.45, 2.75) is 39.9 Å². The first kappa shape index (κ1) is 19.1. The van der Waals surface area contributed by atoms with Crippen LogP contribution in [0.4, 0.5) is 5.69 Å². The molecule has 1 unspecified atom stereocenters. The summed E-state index contributed by atoms with van der Waals surface area (Å²) in [6.45, 7) is 6.73. The molecule has 6 heteroatoms. The second-order valence-electron chi connectivity index (χ2n) is 7.15. The summed E-state index contributed by atoms with van der Waals surface area (Å²) in [6, 6.07) is 14.9. The van der Waals surface area contributed by atoms with Crippen LogP contribution in [0.25, 0.3) is 0 Å². The van der Waals surface area contributed by atoms with Crippen molar-refractivity contribution >= 4 is 11.6 Å². The van der Waals surface area contributed by atoms with E-state index >= 15 is 0 Å². The Bertz CT molecular complexity index is 990. The lowest BCUT2D eigenvalue weighted by molar-refractivity contribution is 0.0954. The molecule has 1 aromatic heterocycles. The van der Waals surface area contributed by atoms with Crippen molar-refractivity contribution in [1.29, 1.82) is 0 Å². The van der Waals surface area contributed by atoms with E-state index in [4.69, 9.17) is 14.0 Å². The van der Waals surface area contributed by atoms with Gasteiger partial charge in [-0.1, -0.05) is 24.2 Å². The molecule has 6 nitrogen and oxygen atoms in total. The Labute approximate surface area is 170 Å². The van der Waals surface area contributed by atoms with Crippen molar-refractivity contribution in [1.82, 2.24) is 5.16 Å². The molecule has 0 fully saturated rings. The molecule has 0 aliphatic carbocycles. The van der Waals surface area contributed by atoms with Gasteiger partial charge < -0.3 is 18.9 Å². The van der Waals surface area contributed by atoms with Gasteiger partial charge in [-0.2, -0.15) is 0 Å². The van der Waals surface area contributed by atoms with Crippen molar-refractivity contribution in [2.24, 2.45) is 0 Å². The molecule has 3 aromatic rings. The third kappa shape index (κ3) is 3.83. The van der Waals surface area contributed by atoms with Crippen LogP contribution in [0.15, 0.2) is 53.1 Å². The molecule has 0 saturated carbocycles. The number of benzene rings is 2. The van der Waals surface area contributed by atoms with Gasteiger partial charge in [0.05, 0.1) is 23.5 Å². The Kier molecular flexibility index (Phi) is 5.25. The zero-order valence-corrected chi connectivity index (χ0v) is 16.8. The van der Waals surface area contributed by atoms with Crippen LogP contribution in [-0.4, -0.2) is 23.7 Å². The maximum atomic E-state index is 13.2. The predicted molar refractivity (Wildman–Crippen MR) is 110 cm³/mol. The number of hydrogen-bond donors (Lipinski definition) is 0. The van der Waals surface area contributed by atoms with E-state index in [0.29, 0.717) is 24.5 Å². The Morgan fingerprint density at radius 3 is 2.62 bits per heavy atom. The molecule has 0 N–H and O–H groups in total. The number of ether oxygens (including phenoxy) is 2. The topological polar surface area (TPSA) is 64.8 Å². The Hall–Kier alpha value is -3.28. The van der Waals surface area contributed by atoms with Gasteiger partial charge in [-0.05, 0) is 56.7 Å².